The minimum Gasteiger partial charge on any atom is -0.506 e. The van der Waals surface area contributed by atoms with Gasteiger partial charge in [0.15, 0.2) is 0 Å². The van der Waals surface area contributed by atoms with Crippen LogP contribution in [-0.4, -0.2) is 16.8 Å². The number of rotatable bonds is 5. The number of hydrogen-bond donors (Lipinski definition) is 3. The van der Waals surface area contributed by atoms with Gasteiger partial charge in [0.25, 0.3) is 0 Å². The van der Waals surface area contributed by atoms with Crippen LogP contribution in [0.3, 0.4) is 0 Å². The summed E-state index contributed by atoms with van der Waals surface area (Å²) in [6.07, 6.45) is 0. The van der Waals surface area contributed by atoms with Crippen LogP contribution in [0.1, 0.15) is 11.6 Å². The fraction of sp³-hybridized carbons (Fsp3) is 0.100. The smallest absolute Gasteiger partial charge is 0.138 e. The molecule has 3 rings (SSSR count). The number of nitrogens with one attached hydrogen (secondary N) is 1. The molecule has 3 nitrogen and oxygen atoms in total. The maximum atomic E-state index is 10.1. The van der Waals surface area contributed by atoms with Crippen molar-refractivity contribution in [2.75, 3.05) is 11.9 Å². The van der Waals surface area contributed by atoms with Gasteiger partial charge in [-0.1, -0.05) is 66.7 Å². The van der Waals surface area contributed by atoms with Gasteiger partial charge in [0.1, 0.15) is 5.75 Å². The summed E-state index contributed by atoms with van der Waals surface area (Å²) in [7, 11) is 0. The molecular formula is C20H19NO2. The number of benzene rings is 3. The lowest BCUT2D eigenvalue weighted by atomic mass is 10.0. The molecular weight excluding hydrogens is 286 g/mol. The van der Waals surface area contributed by atoms with E-state index >= 15 is 0 Å². The fourth-order valence-corrected chi connectivity index (χ4v) is 2.57. The monoisotopic (exact) mass is 305 g/mol. The van der Waals surface area contributed by atoms with Crippen molar-refractivity contribution >= 4 is 5.69 Å². The van der Waals surface area contributed by atoms with E-state index < -0.39 is 0 Å². The zero-order chi connectivity index (χ0) is 16.1. The lowest BCUT2D eigenvalue weighted by molar-refractivity contribution is 0.276. The highest BCUT2D eigenvalue weighted by Gasteiger charge is 2.12. The third kappa shape index (κ3) is 3.52. The highest BCUT2D eigenvalue weighted by Crippen LogP contribution is 2.32. The molecule has 0 fully saturated rings. The zero-order valence-corrected chi connectivity index (χ0v) is 12.7. The molecule has 1 atom stereocenters. The maximum absolute atomic E-state index is 10.1. The Morgan fingerprint density at radius 2 is 1.43 bits per heavy atom. The second-order valence-electron chi connectivity index (χ2n) is 5.39. The average molecular weight is 305 g/mol. The van der Waals surface area contributed by atoms with Crippen molar-refractivity contribution in [2.45, 2.75) is 6.04 Å². The van der Waals surface area contributed by atoms with Gasteiger partial charge >= 0.3 is 0 Å². The lowest BCUT2D eigenvalue weighted by Gasteiger charge is -2.19. The molecule has 3 N–H and O–H groups in total. The highest BCUT2D eigenvalue weighted by atomic mass is 16.3. The van der Waals surface area contributed by atoms with Crippen molar-refractivity contribution in [3.05, 3.63) is 84.4 Å². The van der Waals surface area contributed by atoms with Gasteiger partial charge in [0.2, 0.25) is 0 Å². The van der Waals surface area contributed by atoms with Crippen molar-refractivity contribution in [3.8, 4) is 16.9 Å². The summed E-state index contributed by atoms with van der Waals surface area (Å²) in [6.45, 7) is -0.0565. The number of hydrogen-bond acceptors (Lipinski definition) is 3. The van der Waals surface area contributed by atoms with Gasteiger partial charge in [-0.25, -0.2) is 0 Å². The Kier molecular flexibility index (Phi) is 4.60. The molecule has 3 aromatic rings. The standard InChI is InChI=1S/C20H19NO2/c22-14-19(16-9-5-2-6-10-16)21-18-13-17(11-12-20(18)23)15-7-3-1-4-8-15/h1-13,19,21-23H,14H2/t19-/m1/s1. The van der Waals surface area contributed by atoms with Crippen LogP contribution in [0.15, 0.2) is 78.9 Å². The van der Waals surface area contributed by atoms with Gasteiger partial charge in [-0.05, 0) is 28.8 Å². The summed E-state index contributed by atoms with van der Waals surface area (Å²) in [4.78, 5) is 0. The minimum atomic E-state index is -0.270. The molecule has 0 unspecified atom stereocenters. The molecule has 0 aliphatic heterocycles. The summed E-state index contributed by atoms with van der Waals surface area (Å²) < 4.78 is 0. The lowest BCUT2D eigenvalue weighted by Crippen LogP contribution is -2.14. The number of aliphatic hydroxyl groups is 1. The second-order valence-corrected chi connectivity index (χ2v) is 5.39. The summed E-state index contributed by atoms with van der Waals surface area (Å²) in [5, 5.41) is 23.0. The van der Waals surface area contributed by atoms with E-state index in [1.807, 2.05) is 72.8 Å². The predicted molar refractivity (Wildman–Crippen MR) is 93.4 cm³/mol. The largest absolute Gasteiger partial charge is 0.506 e. The molecule has 0 bridgehead atoms. The van der Waals surface area contributed by atoms with Crippen molar-refractivity contribution in [2.24, 2.45) is 0 Å². The molecule has 0 aliphatic rings. The summed E-state index contributed by atoms with van der Waals surface area (Å²) >= 11 is 0. The average Bonchev–Trinajstić information content (AvgIpc) is 2.62. The maximum Gasteiger partial charge on any atom is 0.138 e. The first-order valence-corrected chi connectivity index (χ1v) is 7.58. The van der Waals surface area contributed by atoms with E-state index in [4.69, 9.17) is 0 Å². The molecule has 0 spiro atoms. The normalized spacial score (nSPS) is 11.9. The Balaban J connectivity index is 1.90. The molecule has 3 heteroatoms. The first-order valence-electron chi connectivity index (χ1n) is 7.58. The van der Waals surface area contributed by atoms with Gasteiger partial charge in [0, 0.05) is 0 Å². The van der Waals surface area contributed by atoms with Crippen LogP contribution in [0.5, 0.6) is 5.75 Å². The molecule has 0 saturated carbocycles. The van der Waals surface area contributed by atoms with Gasteiger partial charge in [-0.15, -0.1) is 0 Å². The second kappa shape index (κ2) is 6.99. The third-order valence-electron chi connectivity index (χ3n) is 3.82. The highest BCUT2D eigenvalue weighted by molar-refractivity contribution is 5.72. The number of aliphatic hydroxyl groups excluding tert-OH is 1. The molecule has 0 heterocycles. The van der Waals surface area contributed by atoms with Crippen LogP contribution >= 0.6 is 0 Å². The quantitative estimate of drug-likeness (QED) is 0.619. The number of aromatic hydroxyl groups is 1. The summed E-state index contributed by atoms with van der Waals surface area (Å²) in [5.74, 6) is 0.166. The predicted octanol–water partition coefficient (Wildman–Crippen LogP) is 4.20. The van der Waals surface area contributed by atoms with Gasteiger partial charge in [-0.3, -0.25) is 0 Å². The molecule has 116 valence electrons. The molecule has 0 saturated heterocycles. The minimum absolute atomic E-state index is 0.0565. The van der Waals surface area contributed by atoms with E-state index in [0.29, 0.717) is 5.69 Å². The first-order chi connectivity index (χ1) is 11.3. The van der Waals surface area contributed by atoms with Crippen LogP contribution in [0.2, 0.25) is 0 Å². The Morgan fingerprint density at radius 1 is 0.783 bits per heavy atom. The molecule has 0 aliphatic carbocycles. The summed E-state index contributed by atoms with van der Waals surface area (Å²) in [6, 6.07) is 24.9. The number of anilines is 1. The van der Waals surface area contributed by atoms with Crippen LogP contribution < -0.4 is 5.32 Å². The van der Waals surface area contributed by atoms with E-state index in [2.05, 4.69) is 5.32 Å². The van der Waals surface area contributed by atoms with Crippen LogP contribution in [0, 0.1) is 0 Å². The van der Waals surface area contributed by atoms with Crippen molar-refractivity contribution in [1.29, 1.82) is 0 Å². The number of phenols is 1. The van der Waals surface area contributed by atoms with Crippen molar-refractivity contribution < 1.29 is 10.2 Å². The third-order valence-corrected chi connectivity index (χ3v) is 3.82. The molecule has 0 radical (unpaired) electrons. The van der Waals surface area contributed by atoms with Gasteiger partial charge in [0.05, 0.1) is 18.3 Å². The Hall–Kier alpha value is -2.78. The van der Waals surface area contributed by atoms with Gasteiger partial charge in [-0.2, -0.15) is 0 Å². The van der Waals surface area contributed by atoms with Crippen LogP contribution in [0.25, 0.3) is 11.1 Å². The first kappa shape index (κ1) is 15.1. The zero-order valence-electron chi connectivity index (χ0n) is 12.7. The van der Waals surface area contributed by atoms with E-state index in [1.54, 1.807) is 6.07 Å². The Labute approximate surface area is 135 Å². The molecule has 3 aromatic carbocycles. The topological polar surface area (TPSA) is 52.5 Å². The van der Waals surface area contributed by atoms with Crippen molar-refractivity contribution in [3.63, 3.8) is 0 Å². The molecule has 0 aromatic heterocycles. The van der Waals surface area contributed by atoms with Crippen molar-refractivity contribution in [1.82, 2.24) is 0 Å². The summed E-state index contributed by atoms with van der Waals surface area (Å²) in [5.41, 5.74) is 3.67. The van der Waals surface area contributed by atoms with Gasteiger partial charge < -0.3 is 15.5 Å². The van der Waals surface area contributed by atoms with E-state index in [9.17, 15) is 10.2 Å². The number of phenolic OH excluding ortho intramolecular Hbond substituents is 1. The molecule has 0 amide bonds. The van der Waals surface area contributed by atoms with Crippen LogP contribution in [0.4, 0.5) is 5.69 Å². The van der Waals surface area contributed by atoms with Crippen LogP contribution in [-0.2, 0) is 0 Å². The van der Waals surface area contributed by atoms with E-state index in [-0.39, 0.29) is 18.4 Å². The Bertz CT molecular complexity index is 757. The fourth-order valence-electron chi connectivity index (χ4n) is 2.57. The SMILES string of the molecule is OC[C@@H](Nc1cc(-c2ccccc2)ccc1O)c1ccccc1. The Morgan fingerprint density at radius 3 is 2.09 bits per heavy atom. The van der Waals surface area contributed by atoms with E-state index in [1.165, 1.54) is 0 Å². The van der Waals surface area contributed by atoms with E-state index in [0.717, 1.165) is 16.7 Å². The molecule has 23 heavy (non-hydrogen) atoms.